The van der Waals surface area contributed by atoms with Crippen LogP contribution in [0.5, 0.6) is 0 Å². The van der Waals surface area contributed by atoms with E-state index in [9.17, 15) is 5.11 Å². The second kappa shape index (κ2) is 5.16. The lowest BCUT2D eigenvalue weighted by atomic mass is 9.83. The summed E-state index contributed by atoms with van der Waals surface area (Å²) >= 11 is 0. The van der Waals surface area contributed by atoms with E-state index >= 15 is 0 Å². The van der Waals surface area contributed by atoms with Gasteiger partial charge in [0.1, 0.15) is 0 Å². The molecule has 0 radical (unpaired) electrons. The Morgan fingerprint density at radius 1 is 1.25 bits per heavy atom. The first-order valence-corrected chi connectivity index (χ1v) is 8.01. The van der Waals surface area contributed by atoms with Crippen molar-refractivity contribution in [3.8, 4) is 0 Å². The molecule has 0 saturated carbocycles. The zero-order valence-electron chi connectivity index (χ0n) is 12.9. The number of benzene rings is 1. The molecule has 2 N–H and O–H groups in total. The molecule has 2 aliphatic rings. The normalized spacial score (nSPS) is 27.6. The summed E-state index contributed by atoms with van der Waals surface area (Å²) in [6.07, 6.45) is 4.31. The predicted molar refractivity (Wildman–Crippen MR) is 83.2 cm³/mol. The maximum atomic E-state index is 10.7. The van der Waals surface area contributed by atoms with E-state index in [1.165, 1.54) is 23.1 Å². The summed E-state index contributed by atoms with van der Waals surface area (Å²) in [4.78, 5) is 0. The zero-order chi connectivity index (χ0) is 14.3. The summed E-state index contributed by atoms with van der Waals surface area (Å²) in [6.45, 7) is 7.83. The number of aryl methyl sites for hydroxylation is 1. The molecule has 0 spiro atoms. The topological polar surface area (TPSA) is 32.3 Å². The van der Waals surface area contributed by atoms with Gasteiger partial charge < -0.3 is 10.4 Å². The molecule has 3 atom stereocenters. The fourth-order valence-electron chi connectivity index (χ4n) is 3.74. The quantitative estimate of drug-likeness (QED) is 0.867. The van der Waals surface area contributed by atoms with E-state index in [-0.39, 0.29) is 11.5 Å². The molecule has 1 saturated heterocycles. The maximum Gasteiger partial charge on any atom is 0.0761 e. The highest BCUT2D eigenvalue weighted by Crippen LogP contribution is 2.39. The van der Waals surface area contributed by atoms with Gasteiger partial charge in [0.05, 0.1) is 6.10 Å². The number of rotatable bonds is 2. The van der Waals surface area contributed by atoms with Gasteiger partial charge in [-0.2, -0.15) is 0 Å². The minimum atomic E-state index is -0.228. The maximum absolute atomic E-state index is 10.7. The van der Waals surface area contributed by atoms with Crippen molar-refractivity contribution in [2.45, 2.75) is 69.9 Å². The molecule has 110 valence electrons. The second-order valence-electron chi connectivity index (χ2n) is 7.50. The number of nitrogens with one attached hydrogen (secondary N) is 1. The molecule has 1 fully saturated rings. The lowest BCUT2D eigenvalue weighted by molar-refractivity contribution is 0.107. The summed E-state index contributed by atoms with van der Waals surface area (Å²) < 4.78 is 0. The van der Waals surface area contributed by atoms with E-state index in [2.05, 4.69) is 44.3 Å². The number of fused-ring (bicyclic) bond motifs is 1. The van der Waals surface area contributed by atoms with Gasteiger partial charge in [-0.05, 0) is 54.3 Å². The number of aliphatic hydroxyl groups excluding tert-OH is 1. The first-order chi connectivity index (χ1) is 9.47. The molecule has 0 aromatic heterocycles. The van der Waals surface area contributed by atoms with E-state index in [4.69, 9.17) is 0 Å². The third-order valence-electron chi connectivity index (χ3n) is 5.06. The molecular formula is C18H27NO. The van der Waals surface area contributed by atoms with Crippen LogP contribution in [0.2, 0.25) is 0 Å². The highest BCUT2D eigenvalue weighted by Gasteiger charge is 2.35. The highest BCUT2D eigenvalue weighted by atomic mass is 16.3. The van der Waals surface area contributed by atoms with E-state index < -0.39 is 0 Å². The van der Waals surface area contributed by atoms with Gasteiger partial charge in [-0.1, -0.05) is 39.0 Å². The fourth-order valence-corrected chi connectivity index (χ4v) is 3.74. The SMILES string of the molecule is CC(C)(C)c1ccc2c(c1)C([C@@H](O)[C@@H]1CCCN1)CC2. The number of aliphatic hydroxyl groups is 1. The van der Waals surface area contributed by atoms with Crippen molar-refractivity contribution >= 4 is 0 Å². The van der Waals surface area contributed by atoms with E-state index in [0.717, 1.165) is 25.8 Å². The molecule has 2 heteroatoms. The van der Waals surface area contributed by atoms with Crippen molar-refractivity contribution in [1.82, 2.24) is 5.32 Å². The van der Waals surface area contributed by atoms with Crippen LogP contribution in [0.1, 0.15) is 62.6 Å². The third kappa shape index (κ3) is 2.51. The van der Waals surface area contributed by atoms with Crippen molar-refractivity contribution in [2.24, 2.45) is 0 Å². The Morgan fingerprint density at radius 2 is 2.05 bits per heavy atom. The lowest BCUT2D eigenvalue weighted by Gasteiger charge is -2.27. The molecule has 1 aromatic rings. The van der Waals surface area contributed by atoms with Crippen molar-refractivity contribution in [3.63, 3.8) is 0 Å². The molecule has 1 aliphatic heterocycles. The summed E-state index contributed by atoms with van der Waals surface area (Å²) in [5.41, 5.74) is 4.41. The van der Waals surface area contributed by atoms with Gasteiger partial charge in [-0.25, -0.2) is 0 Å². The number of hydrogen-bond donors (Lipinski definition) is 2. The number of hydrogen-bond acceptors (Lipinski definition) is 2. The van der Waals surface area contributed by atoms with Crippen LogP contribution in [0.4, 0.5) is 0 Å². The van der Waals surface area contributed by atoms with Gasteiger partial charge in [-0.15, -0.1) is 0 Å². The van der Waals surface area contributed by atoms with Crippen LogP contribution in [0.15, 0.2) is 18.2 Å². The molecule has 20 heavy (non-hydrogen) atoms. The van der Waals surface area contributed by atoms with E-state index in [1.54, 1.807) is 0 Å². The minimum absolute atomic E-state index is 0.179. The van der Waals surface area contributed by atoms with Gasteiger partial charge in [0, 0.05) is 12.0 Å². The average Bonchev–Trinajstić information content (AvgIpc) is 3.06. The standard InChI is InChI=1S/C18H27NO/c1-18(2,3)13-8-6-12-7-9-14(15(12)11-13)17(20)16-5-4-10-19-16/h6,8,11,14,16-17,19-20H,4-5,7,9-10H2,1-3H3/t14?,16-,17+/m0/s1. The highest BCUT2D eigenvalue weighted by molar-refractivity contribution is 5.41. The summed E-state index contributed by atoms with van der Waals surface area (Å²) in [5, 5.41) is 14.2. The molecule has 1 unspecified atom stereocenters. The van der Waals surface area contributed by atoms with Gasteiger partial charge in [0.25, 0.3) is 0 Å². The van der Waals surface area contributed by atoms with Crippen LogP contribution in [-0.4, -0.2) is 23.8 Å². The first kappa shape index (κ1) is 14.1. The largest absolute Gasteiger partial charge is 0.391 e. The first-order valence-electron chi connectivity index (χ1n) is 8.01. The van der Waals surface area contributed by atoms with Crippen LogP contribution in [0, 0.1) is 0 Å². The Hall–Kier alpha value is -0.860. The van der Waals surface area contributed by atoms with Gasteiger partial charge in [0.2, 0.25) is 0 Å². The fraction of sp³-hybridized carbons (Fsp3) is 0.667. The average molecular weight is 273 g/mol. The minimum Gasteiger partial charge on any atom is -0.391 e. The molecule has 0 bridgehead atoms. The lowest BCUT2D eigenvalue weighted by Crippen LogP contribution is -2.38. The van der Waals surface area contributed by atoms with Gasteiger partial charge in [-0.3, -0.25) is 0 Å². The van der Waals surface area contributed by atoms with Crippen LogP contribution in [-0.2, 0) is 11.8 Å². The Balaban J connectivity index is 1.88. The molecular weight excluding hydrogens is 246 g/mol. The Bertz CT molecular complexity index is 483. The predicted octanol–water partition coefficient (Wildman–Crippen LogP) is 3.13. The molecule has 2 nitrogen and oxygen atoms in total. The summed E-state index contributed by atoms with van der Waals surface area (Å²) in [5.74, 6) is 0.322. The third-order valence-corrected chi connectivity index (χ3v) is 5.06. The molecule has 0 amide bonds. The van der Waals surface area contributed by atoms with Crippen LogP contribution < -0.4 is 5.32 Å². The van der Waals surface area contributed by atoms with Crippen molar-refractivity contribution in [2.75, 3.05) is 6.54 Å². The summed E-state index contributed by atoms with van der Waals surface area (Å²) in [6, 6.07) is 7.20. The second-order valence-corrected chi connectivity index (χ2v) is 7.50. The van der Waals surface area contributed by atoms with Crippen molar-refractivity contribution in [3.05, 3.63) is 34.9 Å². The van der Waals surface area contributed by atoms with E-state index in [1.807, 2.05) is 0 Å². The van der Waals surface area contributed by atoms with Crippen molar-refractivity contribution < 1.29 is 5.11 Å². The molecule has 3 rings (SSSR count). The van der Waals surface area contributed by atoms with Gasteiger partial charge in [0.15, 0.2) is 0 Å². The molecule has 1 aliphatic carbocycles. The monoisotopic (exact) mass is 273 g/mol. The smallest absolute Gasteiger partial charge is 0.0761 e. The van der Waals surface area contributed by atoms with Gasteiger partial charge >= 0.3 is 0 Å². The molecule has 1 heterocycles. The van der Waals surface area contributed by atoms with Crippen LogP contribution >= 0.6 is 0 Å². The van der Waals surface area contributed by atoms with Crippen molar-refractivity contribution in [1.29, 1.82) is 0 Å². The Labute approximate surface area is 122 Å². The van der Waals surface area contributed by atoms with Crippen LogP contribution in [0.25, 0.3) is 0 Å². The zero-order valence-corrected chi connectivity index (χ0v) is 12.9. The Morgan fingerprint density at radius 3 is 2.70 bits per heavy atom. The Kier molecular flexibility index (Phi) is 3.64. The summed E-state index contributed by atoms with van der Waals surface area (Å²) in [7, 11) is 0. The van der Waals surface area contributed by atoms with E-state index in [0.29, 0.717) is 12.0 Å². The van der Waals surface area contributed by atoms with Crippen LogP contribution in [0.3, 0.4) is 0 Å². The molecule has 1 aromatic carbocycles.